The summed E-state index contributed by atoms with van der Waals surface area (Å²) in [6.07, 6.45) is -1.67. The molecule has 0 fully saturated rings. The number of carbonyl (C=O) groups excluding carboxylic acids is 3. The zero-order valence-electron chi connectivity index (χ0n) is 23.5. The third-order valence-electron chi connectivity index (χ3n) is 4.48. The molecular formula is C28H36ClN3O8. The Bertz CT molecular complexity index is 1180. The predicted octanol–water partition coefficient (Wildman–Crippen LogP) is 6.09. The van der Waals surface area contributed by atoms with E-state index in [0.717, 1.165) is 5.56 Å². The van der Waals surface area contributed by atoms with Crippen LogP contribution in [0.5, 0.6) is 5.75 Å². The van der Waals surface area contributed by atoms with Crippen molar-refractivity contribution >= 4 is 35.7 Å². The lowest BCUT2D eigenvalue weighted by molar-refractivity contribution is -0.104. The van der Waals surface area contributed by atoms with Gasteiger partial charge in [-0.1, -0.05) is 41.9 Å². The number of benzene rings is 2. The number of amides is 2. The van der Waals surface area contributed by atoms with Gasteiger partial charge in [0, 0.05) is 11.4 Å². The monoisotopic (exact) mass is 577 g/mol. The van der Waals surface area contributed by atoms with Crippen molar-refractivity contribution in [1.29, 1.82) is 5.41 Å². The number of carbonyl (C=O) groups is 3. The highest BCUT2D eigenvalue weighted by atomic mass is 35.5. The van der Waals surface area contributed by atoms with E-state index in [9.17, 15) is 14.4 Å². The lowest BCUT2D eigenvalue weighted by Gasteiger charge is -2.27. The first-order valence-electron chi connectivity index (χ1n) is 12.5. The van der Waals surface area contributed by atoms with E-state index < -0.39 is 35.3 Å². The van der Waals surface area contributed by atoms with Gasteiger partial charge >= 0.3 is 18.2 Å². The Kier molecular flexibility index (Phi) is 11.8. The largest absolute Gasteiger partial charge is 0.493 e. The van der Waals surface area contributed by atoms with Gasteiger partial charge in [0.05, 0.1) is 18.8 Å². The molecule has 11 nitrogen and oxygen atoms in total. The third kappa shape index (κ3) is 12.4. The first-order chi connectivity index (χ1) is 18.6. The van der Waals surface area contributed by atoms with E-state index >= 15 is 0 Å². The van der Waals surface area contributed by atoms with Crippen LogP contribution in [-0.4, -0.2) is 53.6 Å². The van der Waals surface area contributed by atoms with E-state index in [0.29, 0.717) is 10.8 Å². The topological polar surface area (TPSA) is 136 Å². The maximum atomic E-state index is 12.6. The summed E-state index contributed by atoms with van der Waals surface area (Å²) in [6.45, 7) is 10.1. The standard InChI is InChI=1S/C28H36ClN3O8/c1-27(2,3)39-25(34)31-24(30)32(26(35)40-28(4,5)6)38-14-10-13-36-22-16-20(15-21(29)17-22)23(33)37-18-19-11-8-7-9-12-19/h7-9,11-12,15-17H,10,13-14,18H2,1-6H3,(H2,30,31,34). The summed E-state index contributed by atoms with van der Waals surface area (Å²) in [5, 5.41) is 11.1. The van der Waals surface area contributed by atoms with Crippen LogP contribution in [0.15, 0.2) is 48.5 Å². The zero-order chi connectivity index (χ0) is 29.9. The molecule has 2 aromatic carbocycles. The number of guanidine groups is 1. The molecular weight excluding hydrogens is 542 g/mol. The second kappa shape index (κ2) is 14.5. The van der Waals surface area contributed by atoms with Gasteiger partial charge in [-0.05, 0) is 65.3 Å². The Labute approximate surface area is 239 Å². The first kappa shape index (κ1) is 32.4. The summed E-state index contributed by atoms with van der Waals surface area (Å²) < 4.78 is 21.4. The molecule has 2 N–H and O–H groups in total. The second-order valence-corrected chi connectivity index (χ2v) is 11.0. The number of alkyl carbamates (subject to hydrolysis) is 1. The molecule has 2 rings (SSSR count). The number of nitrogens with one attached hydrogen (secondary N) is 2. The smallest absolute Gasteiger partial charge is 0.442 e. The van der Waals surface area contributed by atoms with Crippen molar-refractivity contribution < 1.29 is 38.2 Å². The third-order valence-corrected chi connectivity index (χ3v) is 4.70. The number of ether oxygens (including phenoxy) is 4. The van der Waals surface area contributed by atoms with Gasteiger partial charge in [-0.3, -0.25) is 15.6 Å². The summed E-state index contributed by atoms with van der Waals surface area (Å²) >= 11 is 6.16. The minimum Gasteiger partial charge on any atom is -0.493 e. The number of hydroxylamine groups is 2. The van der Waals surface area contributed by atoms with E-state index in [1.54, 1.807) is 47.6 Å². The molecule has 2 aromatic rings. The summed E-state index contributed by atoms with van der Waals surface area (Å²) in [4.78, 5) is 42.6. The lowest BCUT2D eigenvalue weighted by Crippen LogP contribution is -2.49. The van der Waals surface area contributed by atoms with Crippen molar-refractivity contribution in [2.24, 2.45) is 0 Å². The van der Waals surface area contributed by atoms with E-state index in [4.69, 9.17) is 40.8 Å². The summed E-state index contributed by atoms with van der Waals surface area (Å²) in [6, 6.07) is 13.8. The van der Waals surface area contributed by atoms with Crippen LogP contribution >= 0.6 is 11.6 Å². The maximum absolute atomic E-state index is 12.6. The number of hydrogen-bond donors (Lipinski definition) is 2. The predicted molar refractivity (Wildman–Crippen MR) is 148 cm³/mol. The molecule has 0 aromatic heterocycles. The van der Waals surface area contributed by atoms with Gasteiger partial charge in [0.1, 0.15) is 23.6 Å². The molecule has 0 bridgehead atoms. The molecule has 0 heterocycles. The minimum atomic E-state index is -0.997. The van der Waals surface area contributed by atoms with Gasteiger partial charge in [0.2, 0.25) is 5.96 Å². The van der Waals surface area contributed by atoms with Gasteiger partial charge < -0.3 is 18.9 Å². The van der Waals surface area contributed by atoms with Crippen molar-refractivity contribution in [3.8, 4) is 5.75 Å². The highest BCUT2D eigenvalue weighted by Crippen LogP contribution is 2.22. The lowest BCUT2D eigenvalue weighted by atomic mass is 10.2. The molecule has 0 atom stereocenters. The van der Waals surface area contributed by atoms with E-state index in [2.05, 4.69) is 5.32 Å². The van der Waals surface area contributed by atoms with E-state index in [-0.39, 0.29) is 36.8 Å². The van der Waals surface area contributed by atoms with Crippen molar-refractivity contribution in [3.63, 3.8) is 0 Å². The highest BCUT2D eigenvalue weighted by Gasteiger charge is 2.29. The minimum absolute atomic E-state index is 0.0792. The number of rotatable bonds is 9. The summed E-state index contributed by atoms with van der Waals surface area (Å²) in [5.74, 6) is -0.899. The zero-order valence-corrected chi connectivity index (χ0v) is 24.3. The Balaban J connectivity index is 1.92. The molecule has 0 saturated carbocycles. The fraction of sp³-hybridized carbons (Fsp3) is 0.429. The highest BCUT2D eigenvalue weighted by molar-refractivity contribution is 6.31. The van der Waals surface area contributed by atoms with Gasteiger partial charge in [0.15, 0.2) is 0 Å². The van der Waals surface area contributed by atoms with Crippen molar-refractivity contribution in [2.75, 3.05) is 13.2 Å². The Morgan fingerprint density at radius 3 is 2.20 bits per heavy atom. The molecule has 0 spiro atoms. The Morgan fingerprint density at radius 1 is 0.925 bits per heavy atom. The van der Waals surface area contributed by atoms with Crippen LogP contribution in [0, 0.1) is 5.41 Å². The fourth-order valence-corrected chi connectivity index (χ4v) is 3.16. The van der Waals surface area contributed by atoms with Crippen LogP contribution < -0.4 is 10.1 Å². The molecule has 0 unspecified atom stereocenters. The van der Waals surface area contributed by atoms with Crippen molar-refractivity contribution in [3.05, 3.63) is 64.7 Å². The SMILES string of the molecule is CC(C)(C)OC(=O)NC(=N)N(OCCCOc1cc(Cl)cc(C(=O)OCc2ccccc2)c1)C(=O)OC(C)(C)C. The number of halogens is 1. The van der Waals surface area contributed by atoms with Crippen LogP contribution in [-0.2, 0) is 25.7 Å². The molecule has 0 saturated heterocycles. The van der Waals surface area contributed by atoms with Crippen LogP contribution in [0.4, 0.5) is 9.59 Å². The van der Waals surface area contributed by atoms with Crippen LogP contribution in [0.25, 0.3) is 0 Å². The molecule has 0 radical (unpaired) electrons. The Hall–Kier alpha value is -3.83. The summed E-state index contributed by atoms with van der Waals surface area (Å²) in [7, 11) is 0. The van der Waals surface area contributed by atoms with Gasteiger partial charge in [-0.15, -0.1) is 5.06 Å². The molecule has 0 aliphatic rings. The molecule has 218 valence electrons. The molecule has 0 aliphatic carbocycles. The normalized spacial score (nSPS) is 11.3. The van der Waals surface area contributed by atoms with Crippen molar-refractivity contribution in [2.45, 2.75) is 65.8 Å². The van der Waals surface area contributed by atoms with Gasteiger partial charge in [-0.25, -0.2) is 14.4 Å². The fourth-order valence-electron chi connectivity index (χ4n) is 2.94. The van der Waals surface area contributed by atoms with Gasteiger partial charge in [0.25, 0.3) is 0 Å². The average Bonchev–Trinajstić information content (AvgIpc) is 2.82. The average molecular weight is 578 g/mol. The molecule has 40 heavy (non-hydrogen) atoms. The number of nitrogens with zero attached hydrogens (tertiary/aromatic N) is 1. The van der Waals surface area contributed by atoms with Crippen LogP contribution in [0.3, 0.4) is 0 Å². The Morgan fingerprint density at radius 2 is 1.57 bits per heavy atom. The van der Waals surface area contributed by atoms with Crippen LogP contribution in [0.1, 0.15) is 63.9 Å². The number of hydrogen-bond acceptors (Lipinski definition) is 9. The number of esters is 1. The summed E-state index contributed by atoms with van der Waals surface area (Å²) in [5.41, 5.74) is -0.602. The van der Waals surface area contributed by atoms with E-state index in [1.807, 2.05) is 30.3 Å². The van der Waals surface area contributed by atoms with Crippen LogP contribution in [0.2, 0.25) is 5.02 Å². The second-order valence-electron chi connectivity index (χ2n) is 10.5. The molecule has 2 amide bonds. The first-order valence-corrected chi connectivity index (χ1v) is 12.9. The van der Waals surface area contributed by atoms with E-state index in [1.165, 1.54) is 12.1 Å². The maximum Gasteiger partial charge on any atom is 0.442 e. The van der Waals surface area contributed by atoms with Crippen molar-refractivity contribution in [1.82, 2.24) is 10.4 Å². The quantitative estimate of drug-likeness (QED) is 0.0911. The molecule has 12 heteroatoms. The van der Waals surface area contributed by atoms with Gasteiger partial charge in [-0.2, -0.15) is 0 Å². The molecule has 0 aliphatic heterocycles.